The molecule has 0 atom stereocenters. The van der Waals surface area contributed by atoms with Crippen LogP contribution in [0.3, 0.4) is 0 Å². The van der Waals surface area contributed by atoms with E-state index in [4.69, 9.17) is 11.6 Å². The molecule has 1 aromatic carbocycles. The van der Waals surface area contributed by atoms with Crippen LogP contribution in [0.15, 0.2) is 18.2 Å². The molecule has 0 amide bonds. The van der Waals surface area contributed by atoms with Crippen LogP contribution in [-0.4, -0.2) is 10.2 Å². The molecule has 0 aliphatic carbocycles. The molecule has 94 valence electrons. The molecule has 0 aliphatic rings. The molecule has 3 nitrogen and oxygen atoms in total. The highest BCUT2D eigenvalue weighted by Gasteiger charge is 2.15. The summed E-state index contributed by atoms with van der Waals surface area (Å²) in [6.45, 7) is 3.23. The van der Waals surface area contributed by atoms with Gasteiger partial charge in [-0.15, -0.1) is 0 Å². The molecule has 2 rings (SSSR count). The number of aryl methyl sites for hydroxylation is 1. The number of carbonyl (C=O) groups excluding carboxylic acids is 1. The molecule has 0 saturated carbocycles. The minimum absolute atomic E-state index is 0.0775. The standard InChI is InChI=1S/C12H10ClFN2OS/c1-6-11(7(2)17)12(18-16-6)15-10-4-8(13)3-9(14)5-10/h3-5,15H,1-2H3. The number of nitrogens with one attached hydrogen (secondary N) is 1. The van der Waals surface area contributed by atoms with Crippen molar-refractivity contribution in [3.8, 4) is 0 Å². The van der Waals surface area contributed by atoms with Crippen molar-refractivity contribution in [1.82, 2.24) is 4.37 Å². The first-order valence-electron chi connectivity index (χ1n) is 5.17. The van der Waals surface area contributed by atoms with E-state index in [9.17, 15) is 9.18 Å². The van der Waals surface area contributed by atoms with Gasteiger partial charge < -0.3 is 5.32 Å². The molecule has 0 fully saturated rings. The van der Waals surface area contributed by atoms with E-state index in [2.05, 4.69) is 9.69 Å². The lowest BCUT2D eigenvalue weighted by atomic mass is 10.2. The molecular weight excluding hydrogens is 275 g/mol. The fraction of sp³-hybridized carbons (Fsp3) is 0.167. The minimum Gasteiger partial charge on any atom is -0.345 e. The monoisotopic (exact) mass is 284 g/mol. The van der Waals surface area contributed by atoms with Crippen molar-refractivity contribution in [2.75, 3.05) is 5.32 Å². The SMILES string of the molecule is CC(=O)c1c(C)nsc1Nc1cc(F)cc(Cl)c1. The summed E-state index contributed by atoms with van der Waals surface area (Å²) in [5.41, 5.74) is 1.68. The number of Topliss-reactive ketones (excluding diaryl/α,β-unsaturated/α-hetero) is 1. The maximum absolute atomic E-state index is 13.2. The van der Waals surface area contributed by atoms with Crippen LogP contribution in [0, 0.1) is 12.7 Å². The number of anilines is 2. The van der Waals surface area contributed by atoms with Crippen molar-refractivity contribution < 1.29 is 9.18 Å². The van der Waals surface area contributed by atoms with Crippen molar-refractivity contribution in [2.24, 2.45) is 0 Å². The minimum atomic E-state index is -0.435. The van der Waals surface area contributed by atoms with Crippen LogP contribution in [-0.2, 0) is 0 Å². The van der Waals surface area contributed by atoms with Crippen molar-refractivity contribution in [2.45, 2.75) is 13.8 Å². The zero-order valence-electron chi connectivity index (χ0n) is 9.75. The number of carbonyl (C=O) groups is 1. The average Bonchev–Trinajstić information content (AvgIpc) is 2.57. The highest BCUT2D eigenvalue weighted by atomic mass is 35.5. The largest absolute Gasteiger partial charge is 0.345 e. The third-order valence-electron chi connectivity index (χ3n) is 2.34. The molecule has 0 bridgehead atoms. The summed E-state index contributed by atoms with van der Waals surface area (Å²) in [7, 11) is 0. The lowest BCUT2D eigenvalue weighted by Gasteiger charge is -2.06. The van der Waals surface area contributed by atoms with Gasteiger partial charge in [0, 0.05) is 10.7 Å². The second-order valence-corrected chi connectivity index (χ2v) is 5.02. The number of halogens is 2. The van der Waals surface area contributed by atoms with Crippen LogP contribution in [0.1, 0.15) is 23.0 Å². The van der Waals surface area contributed by atoms with Crippen LogP contribution in [0.25, 0.3) is 0 Å². The maximum Gasteiger partial charge on any atom is 0.164 e. The topological polar surface area (TPSA) is 42.0 Å². The number of benzene rings is 1. The van der Waals surface area contributed by atoms with Gasteiger partial charge in [-0.2, -0.15) is 4.37 Å². The molecule has 1 aromatic heterocycles. The van der Waals surface area contributed by atoms with Crippen LogP contribution in [0.2, 0.25) is 5.02 Å². The third kappa shape index (κ3) is 2.68. The van der Waals surface area contributed by atoms with E-state index < -0.39 is 5.82 Å². The van der Waals surface area contributed by atoms with Crippen LogP contribution < -0.4 is 5.32 Å². The molecule has 0 spiro atoms. The van der Waals surface area contributed by atoms with Crippen LogP contribution in [0.4, 0.5) is 15.1 Å². The van der Waals surface area contributed by atoms with Gasteiger partial charge in [-0.3, -0.25) is 4.79 Å². The van der Waals surface area contributed by atoms with Gasteiger partial charge in [0.25, 0.3) is 0 Å². The Morgan fingerprint density at radius 3 is 2.78 bits per heavy atom. The Hall–Kier alpha value is -1.46. The number of ketones is 1. The van der Waals surface area contributed by atoms with Crippen molar-refractivity contribution >= 4 is 39.6 Å². The summed E-state index contributed by atoms with van der Waals surface area (Å²) in [5.74, 6) is -0.512. The van der Waals surface area contributed by atoms with Crippen molar-refractivity contribution in [3.05, 3.63) is 40.3 Å². The zero-order valence-corrected chi connectivity index (χ0v) is 11.3. The Morgan fingerprint density at radius 2 is 2.17 bits per heavy atom. The second kappa shape index (κ2) is 5.04. The summed E-state index contributed by atoms with van der Waals surface area (Å²) in [4.78, 5) is 11.5. The molecule has 0 unspecified atom stereocenters. The Kier molecular flexibility index (Phi) is 3.63. The second-order valence-electron chi connectivity index (χ2n) is 3.81. The van der Waals surface area contributed by atoms with E-state index in [1.165, 1.54) is 19.1 Å². The normalized spacial score (nSPS) is 10.4. The Labute approximate surface area is 113 Å². The lowest BCUT2D eigenvalue weighted by Crippen LogP contribution is -1.98. The first-order valence-corrected chi connectivity index (χ1v) is 6.33. The average molecular weight is 285 g/mol. The molecule has 0 saturated heterocycles. The van der Waals surface area contributed by atoms with E-state index in [1.54, 1.807) is 13.0 Å². The summed E-state index contributed by atoms with van der Waals surface area (Å²) in [5, 5.41) is 3.86. The van der Waals surface area contributed by atoms with Crippen LogP contribution >= 0.6 is 23.1 Å². The first kappa shape index (κ1) is 13.0. The van der Waals surface area contributed by atoms with Crippen LogP contribution in [0.5, 0.6) is 0 Å². The van der Waals surface area contributed by atoms with Gasteiger partial charge in [-0.25, -0.2) is 4.39 Å². The molecular formula is C12H10ClFN2OS. The lowest BCUT2D eigenvalue weighted by molar-refractivity contribution is 0.101. The highest BCUT2D eigenvalue weighted by molar-refractivity contribution is 7.10. The van der Waals surface area contributed by atoms with Gasteiger partial charge in [0.15, 0.2) is 5.78 Å². The Bertz CT molecular complexity index is 592. The predicted octanol–water partition coefficient (Wildman–Crippen LogP) is 4.19. The van der Waals surface area contributed by atoms with E-state index >= 15 is 0 Å². The zero-order chi connectivity index (χ0) is 13.3. The van der Waals surface area contributed by atoms with Gasteiger partial charge in [-0.05, 0) is 43.6 Å². The molecule has 1 N–H and O–H groups in total. The number of aromatic nitrogens is 1. The third-order valence-corrected chi connectivity index (χ3v) is 3.41. The molecule has 0 radical (unpaired) electrons. The van der Waals surface area contributed by atoms with Gasteiger partial charge >= 0.3 is 0 Å². The molecule has 2 aromatic rings. The summed E-state index contributed by atoms with van der Waals surface area (Å²) in [6, 6.07) is 4.12. The van der Waals surface area contributed by atoms with Gasteiger partial charge in [0.1, 0.15) is 10.8 Å². The molecule has 1 heterocycles. The highest BCUT2D eigenvalue weighted by Crippen LogP contribution is 2.29. The summed E-state index contributed by atoms with van der Waals surface area (Å²) in [6.07, 6.45) is 0. The van der Waals surface area contributed by atoms with Crippen molar-refractivity contribution in [1.29, 1.82) is 0 Å². The molecule has 6 heteroatoms. The van der Waals surface area contributed by atoms with E-state index in [0.717, 1.165) is 11.5 Å². The molecule has 0 aliphatic heterocycles. The first-order chi connectivity index (χ1) is 8.47. The van der Waals surface area contributed by atoms with E-state index in [1.807, 2.05) is 0 Å². The maximum atomic E-state index is 13.2. The van der Waals surface area contributed by atoms with Crippen molar-refractivity contribution in [3.63, 3.8) is 0 Å². The number of hydrogen-bond acceptors (Lipinski definition) is 4. The van der Waals surface area contributed by atoms with Gasteiger partial charge in [0.05, 0.1) is 11.3 Å². The van der Waals surface area contributed by atoms with E-state index in [-0.39, 0.29) is 5.78 Å². The summed E-state index contributed by atoms with van der Waals surface area (Å²) >= 11 is 6.93. The Balaban J connectivity index is 2.37. The quantitative estimate of drug-likeness (QED) is 0.859. The number of hydrogen-bond donors (Lipinski definition) is 1. The predicted molar refractivity (Wildman–Crippen MR) is 71.5 cm³/mol. The van der Waals surface area contributed by atoms with E-state index in [0.29, 0.717) is 27.0 Å². The van der Waals surface area contributed by atoms with Gasteiger partial charge in [-0.1, -0.05) is 11.6 Å². The fourth-order valence-electron chi connectivity index (χ4n) is 1.63. The Morgan fingerprint density at radius 1 is 1.44 bits per heavy atom. The molecule has 18 heavy (non-hydrogen) atoms. The number of nitrogens with zero attached hydrogens (tertiary/aromatic N) is 1. The number of rotatable bonds is 3. The fourth-order valence-corrected chi connectivity index (χ4v) is 2.71. The summed E-state index contributed by atoms with van der Waals surface area (Å²) < 4.78 is 17.3. The van der Waals surface area contributed by atoms with Gasteiger partial charge in [0.2, 0.25) is 0 Å². The smallest absolute Gasteiger partial charge is 0.164 e.